The maximum atomic E-state index is 13.0. The monoisotopic (exact) mass is 990 g/mol. The van der Waals surface area contributed by atoms with Crippen LogP contribution in [-0.4, -0.2) is 58.7 Å². The smallest absolute Gasteiger partial charge is 0.416 e. The molecule has 21 heteroatoms. The number of phenols is 1. The molecule has 6 rings (SSSR count). The van der Waals surface area contributed by atoms with E-state index in [1.807, 2.05) is 13.8 Å². The molecule has 2 N–H and O–H groups in total. The Balaban J connectivity index is 0.000000344. The second-order valence-corrected chi connectivity index (χ2v) is 14.6. The number of hydrogen-bond donors (Lipinski definition) is 2. The van der Waals surface area contributed by atoms with Crippen molar-refractivity contribution >= 4 is 51.1 Å². The first kappa shape index (κ1) is 53.5. The van der Waals surface area contributed by atoms with E-state index >= 15 is 0 Å². The molecule has 12 nitrogen and oxygen atoms in total. The van der Waals surface area contributed by atoms with Crippen molar-refractivity contribution in [2.24, 2.45) is 0 Å². The number of carbonyl (C=O) groups excluding carboxylic acids is 1. The van der Waals surface area contributed by atoms with Crippen molar-refractivity contribution < 1.29 is 55.6 Å². The van der Waals surface area contributed by atoms with E-state index in [1.54, 1.807) is 32.9 Å². The van der Waals surface area contributed by atoms with Crippen molar-refractivity contribution in [1.29, 1.82) is 0 Å². The predicted octanol–water partition coefficient (Wildman–Crippen LogP) is 12.0. The van der Waals surface area contributed by atoms with Gasteiger partial charge in [0.15, 0.2) is 0 Å². The lowest BCUT2D eigenvalue weighted by molar-refractivity contribution is -0.146. The largest absolute Gasteiger partial charge is 0.506 e. The van der Waals surface area contributed by atoms with Gasteiger partial charge in [-0.25, -0.2) is 4.79 Å². The van der Waals surface area contributed by atoms with Crippen molar-refractivity contribution in [3.8, 4) is 22.9 Å². The number of aromatic hydroxyl groups is 1. The Hall–Kier alpha value is -5.66. The van der Waals surface area contributed by atoms with Gasteiger partial charge >= 0.3 is 24.3 Å². The fourth-order valence-corrected chi connectivity index (χ4v) is 5.76. The lowest BCUT2D eigenvalue weighted by Gasteiger charge is -2.19. The number of aromatic nitrogens is 6. The maximum Gasteiger partial charge on any atom is 0.416 e. The molecule has 0 saturated carbocycles. The summed E-state index contributed by atoms with van der Waals surface area (Å²) in [5.74, 6) is -1.90. The van der Waals surface area contributed by atoms with Gasteiger partial charge in [-0.3, -0.25) is 4.79 Å². The maximum absolute atomic E-state index is 13.0. The summed E-state index contributed by atoms with van der Waals surface area (Å²) < 4.78 is 86.7. The Morgan fingerprint density at radius 3 is 1.59 bits per heavy atom. The molecular formula is C42H43BrCl2F6N6O6. The molecule has 0 fully saturated rings. The van der Waals surface area contributed by atoms with Crippen LogP contribution in [0, 0.1) is 27.7 Å². The zero-order valence-electron chi connectivity index (χ0n) is 32.6. The normalized spacial score (nSPS) is 11.9. The fourth-order valence-electron chi connectivity index (χ4n) is 5.01. The Labute approximate surface area is 377 Å². The highest BCUT2D eigenvalue weighted by Gasteiger charge is 2.33. The molecule has 340 valence electrons. The summed E-state index contributed by atoms with van der Waals surface area (Å²) >= 11 is 14.9. The molecule has 2 aromatic heterocycles. The van der Waals surface area contributed by atoms with E-state index in [2.05, 4.69) is 36.3 Å². The summed E-state index contributed by atoms with van der Waals surface area (Å²) in [7, 11) is 0. The minimum absolute atomic E-state index is 0. The van der Waals surface area contributed by atoms with Crippen molar-refractivity contribution in [2.45, 2.75) is 72.8 Å². The summed E-state index contributed by atoms with van der Waals surface area (Å²) in [6.07, 6.45) is -10.7. The number of benzene rings is 4. The van der Waals surface area contributed by atoms with E-state index in [0.717, 1.165) is 41.7 Å². The summed E-state index contributed by atoms with van der Waals surface area (Å²) in [5.41, 5.74) is 1.98. The summed E-state index contributed by atoms with van der Waals surface area (Å²) in [6, 6.07) is 17.7. The standard InChI is InChI=1S/C19H15ClF3N3O3.C11H10BrF3O2.C10H10ClN3O.2CH4/c1-10-11(2)25-26(24-10)15-9-14(20)6-7-16(15)29-17(18(27)28)12-4-3-5-13(8-12)19(21,22)23;1-2-17-10(16)9(12)7-4-3-5-8(6-7)11(13,14)15;1-6-7(2)13-14(12-6)9-5-8(11)3-4-10(9)15;;/h3-9,17H,1-2H3,(H,27,28);3-6,9H,2H2,1H3;3-5,15H,1-2H3;2*1H4. The van der Waals surface area contributed by atoms with Gasteiger partial charge in [0.1, 0.15) is 27.7 Å². The molecule has 2 heterocycles. The molecule has 0 aliphatic rings. The number of rotatable bonds is 9. The zero-order chi connectivity index (χ0) is 45.4. The predicted molar refractivity (Wildman–Crippen MR) is 229 cm³/mol. The SMILES string of the molecule is C.C.CCOC(=O)C(Br)c1cccc(C(F)(F)F)c1.Cc1nn(-c2cc(Cl)ccc2O)nc1C.Cc1nn(-c2cc(Cl)ccc2OC(C(=O)O)c2cccc(C(F)(F)F)c2)nc1C. The average molecular weight is 993 g/mol. The highest BCUT2D eigenvalue weighted by Crippen LogP contribution is 2.35. The van der Waals surface area contributed by atoms with Crippen molar-refractivity contribution in [2.75, 3.05) is 6.61 Å². The van der Waals surface area contributed by atoms with Gasteiger partial charge in [0, 0.05) is 15.6 Å². The lowest BCUT2D eigenvalue weighted by Crippen LogP contribution is -2.20. The van der Waals surface area contributed by atoms with Crippen LogP contribution in [0.5, 0.6) is 11.5 Å². The van der Waals surface area contributed by atoms with Gasteiger partial charge in [-0.2, -0.15) is 46.7 Å². The number of aryl methyl sites for hydroxylation is 4. The van der Waals surface area contributed by atoms with Gasteiger partial charge in [0.05, 0.1) is 40.5 Å². The third kappa shape index (κ3) is 14.4. The molecule has 0 amide bonds. The van der Waals surface area contributed by atoms with Gasteiger partial charge in [0.25, 0.3) is 0 Å². The second-order valence-electron chi connectivity index (χ2n) is 12.8. The van der Waals surface area contributed by atoms with Crippen molar-refractivity contribution in [3.05, 3.63) is 140 Å². The van der Waals surface area contributed by atoms with Crippen molar-refractivity contribution in [3.63, 3.8) is 0 Å². The van der Waals surface area contributed by atoms with Gasteiger partial charge in [-0.15, -0.1) is 9.59 Å². The number of hydrogen-bond acceptors (Lipinski definition) is 9. The van der Waals surface area contributed by atoms with E-state index in [1.165, 1.54) is 52.1 Å². The molecule has 0 aliphatic heterocycles. The zero-order valence-corrected chi connectivity index (χ0v) is 35.7. The van der Waals surface area contributed by atoms with E-state index in [4.69, 9.17) is 32.7 Å². The number of aliphatic carboxylic acids is 1. The van der Waals surface area contributed by atoms with Crippen LogP contribution in [0.1, 0.15) is 77.7 Å². The number of halogens is 9. The highest BCUT2D eigenvalue weighted by molar-refractivity contribution is 9.09. The third-order valence-corrected chi connectivity index (χ3v) is 9.67. The average Bonchev–Trinajstić information content (AvgIpc) is 3.72. The minimum atomic E-state index is -4.61. The molecule has 0 spiro atoms. The molecular weight excluding hydrogens is 949 g/mol. The Bertz CT molecular complexity index is 2460. The lowest BCUT2D eigenvalue weighted by atomic mass is 10.1. The quantitative estimate of drug-likeness (QED) is 0.0812. The molecule has 63 heavy (non-hydrogen) atoms. The number of alkyl halides is 7. The van der Waals surface area contributed by atoms with Crippen LogP contribution < -0.4 is 4.74 Å². The number of ether oxygens (including phenoxy) is 2. The topological polar surface area (TPSA) is 154 Å². The number of nitrogens with zero attached hydrogens (tertiary/aromatic N) is 6. The second kappa shape index (κ2) is 22.6. The van der Waals surface area contributed by atoms with Gasteiger partial charge < -0.3 is 19.7 Å². The first-order valence-corrected chi connectivity index (χ1v) is 19.3. The van der Waals surface area contributed by atoms with Gasteiger partial charge in [0.2, 0.25) is 6.10 Å². The van der Waals surface area contributed by atoms with Crippen molar-refractivity contribution in [1.82, 2.24) is 30.0 Å². The first-order chi connectivity index (χ1) is 28.5. The molecule has 6 aromatic rings. The molecule has 2 unspecified atom stereocenters. The molecule has 0 saturated heterocycles. The molecule has 0 bridgehead atoms. The Morgan fingerprint density at radius 1 is 0.698 bits per heavy atom. The molecule has 0 radical (unpaired) electrons. The van der Waals surface area contributed by atoms with Crippen LogP contribution in [0.25, 0.3) is 11.4 Å². The molecule has 4 aromatic carbocycles. The summed E-state index contributed by atoms with van der Waals surface area (Å²) in [6.45, 7) is 9.02. The van der Waals surface area contributed by atoms with Crippen LogP contribution in [-0.2, 0) is 26.7 Å². The van der Waals surface area contributed by atoms with E-state index in [9.17, 15) is 46.1 Å². The number of phenolic OH excluding ortho intramolecular Hbond substituents is 1. The van der Waals surface area contributed by atoms with Crippen LogP contribution in [0.4, 0.5) is 26.3 Å². The van der Waals surface area contributed by atoms with E-state index in [-0.39, 0.29) is 49.8 Å². The van der Waals surface area contributed by atoms with Crippen LogP contribution in [0.3, 0.4) is 0 Å². The number of carboxylic acid groups (broad SMARTS) is 1. The number of carboxylic acids is 1. The molecule has 0 aliphatic carbocycles. The first-order valence-electron chi connectivity index (χ1n) is 17.6. The summed E-state index contributed by atoms with van der Waals surface area (Å²) in [5, 5.41) is 36.9. The fraction of sp³-hybridized carbons (Fsp3) is 0.286. The number of carbonyl (C=O) groups is 2. The van der Waals surface area contributed by atoms with Crippen LogP contribution in [0.15, 0.2) is 84.9 Å². The van der Waals surface area contributed by atoms with E-state index in [0.29, 0.717) is 27.1 Å². The number of esters is 1. The Kier molecular flexibility index (Phi) is 19.2. The highest BCUT2D eigenvalue weighted by atomic mass is 79.9. The van der Waals surface area contributed by atoms with Gasteiger partial charge in [-0.1, -0.05) is 84.3 Å². The molecule has 2 atom stereocenters. The van der Waals surface area contributed by atoms with E-state index < -0.39 is 46.3 Å². The van der Waals surface area contributed by atoms with Gasteiger partial charge in [-0.05, 0) is 94.8 Å². The Morgan fingerprint density at radius 2 is 1.13 bits per heavy atom. The third-order valence-electron chi connectivity index (χ3n) is 8.30. The van der Waals surface area contributed by atoms with Crippen LogP contribution >= 0.6 is 39.1 Å². The summed E-state index contributed by atoms with van der Waals surface area (Å²) in [4.78, 5) is 24.9. The van der Waals surface area contributed by atoms with Crippen LogP contribution in [0.2, 0.25) is 10.0 Å². The minimum Gasteiger partial charge on any atom is -0.506 e.